The zero-order valence-electron chi connectivity index (χ0n) is 8.41. The molecule has 0 fully saturated rings. The molecule has 5 heteroatoms. The number of nitrogens with one attached hydrogen (secondary N) is 1. The largest absolute Gasteiger partial charge is 0.360 e. The molecule has 1 N–H and O–H groups in total. The Morgan fingerprint density at radius 3 is 2.88 bits per heavy atom. The van der Waals surface area contributed by atoms with E-state index in [2.05, 4.69) is 10.5 Å². The smallest absolute Gasteiger partial charge is 0.150 e. The third-order valence-corrected chi connectivity index (χ3v) is 2.39. The maximum absolute atomic E-state index is 12.9. The van der Waals surface area contributed by atoms with Gasteiger partial charge in [0, 0.05) is 12.6 Å². The second-order valence-electron chi connectivity index (χ2n) is 3.33. The number of nitrogens with zero attached hydrogens (tertiary/aromatic N) is 1. The van der Waals surface area contributed by atoms with Crippen molar-refractivity contribution in [2.24, 2.45) is 0 Å². The molecule has 0 bridgehead atoms. The van der Waals surface area contributed by atoms with Crippen LogP contribution in [0.5, 0.6) is 0 Å². The molecule has 0 aliphatic heterocycles. The van der Waals surface area contributed by atoms with Gasteiger partial charge in [-0.25, -0.2) is 4.39 Å². The minimum absolute atomic E-state index is 0.138. The predicted octanol–water partition coefficient (Wildman–Crippen LogP) is 2.76. The molecule has 84 valence electrons. The molecule has 1 aromatic carbocycles. The van der Waals surface area contributed by atoms with Crippen LogP contribution in [-0.4, -0.2) is 5.16 Å². The summed E-state index contributed by atoms with van der Waals surface area (Å²) in [5.41, 5.74) is 0.922. The van der Waals surface area contributed by atoms with E-state index in [-0.39, 0.29) is 5.02 Å². The summed E-state index contributed by atoms with van der Waals surface area (Å²) in [7, 11) is 0. The van der Waals surface area contributed by atoms with Gasteiger partial charge < -0.3 is 9.84 Å². The standard InChI is InChI=1S/C11H10ClFN2O/c12-10-5-8(1-2-11(10)13)6-14-7-9-3-4-15-16-9/h1-5,14H,6-7H2. The number of benzene rings is 1. The maximum Gasteiger partial charge on any atom is 0.150 e. The lowest BCUT2D eigenvalue weighted by atomic mass is 10.2. The van der Waals surface area contributed by atoms with Gasteiger partial charge in [0.05, 0.1) is 17.8 Å². The van der Waals surface area contributed by atoms with Crippen LogP contribution in [0.15, 0.2) is 35.0 Å². The molecule has 0 saturated carbocycles. The van der Waals surface area contributed by atoms with Crippen LogP contribution in [0.2, 0.25) is 5.02 Å². The van der Waals surface area contributed by atoms with E-state index in [9.17, 15) is 4.39 Å². The Morgan fingerprint density at radius 2 is 2.19 bits per heavy atom. The van der Waals surface area contributed by atoms with Crippen molar-refractivity contribution in [3.05, 3.63) is 52.6 Å². The van der Waals surface area contributed by atoms with Crippen LogP contribution in [0.1, 0.15) is 11.3 Å². The minimum atomic E-state index is -0.402. The Balaban J connectivity index is 1.87. The average Bonchev–Trinajstić information content (AvgIpc) is 2.76. The van der Waals surface area contributed by atoms with E-state index in [4.69, 9.17) is 16.1 Å². The van der Waals surface area contributed by atoms with Gasteiger partial charge in [-0.1, -0.05) is 22.8 Å². The van der Waals surface area contributed by atoms with Crippen molar-refractivity contribution in [1.82, 2.24) is 10.5 Å². The van der Waals surface area contributed by atoms with Gasteiger partial charge in [-0.05, 0) is 17.7 Å². The van der Waals surface area contributed by atoms with Crippen LogP contribution in [0, 0.1) is 5.82 Å². The van der Waals surface area contributed by atoms with Gasteiger partial charge >= 0.3 is 0 Å². The molecule has 0 amide bonds. The van der Waals surface area contributed by atoms with E-state index in [1.54, 1.807) is 24.4 Å². The van der Waals surface area contributed by atoms with Gasteiger partial charge in [-0.3, -0.25) is 0 Å². The van der Waals surface area contributed by atoms with Crippen molar-refractivity contribution in [2.45, 2.75) is 13.1 Å². The first-order chi connectivity index (χ1) is 7.75. The fraction of sp³-hybridized carbons (Fsp3) is 0.182. The summed E-state index contributed by atoms with van der Waals surface area (Å²) in [5.74, 6) is 0.355. The quantitative estimate of drug-likeness (QED) is 0.893. The van der Waals surface area contributed by atoms with E-state index in [1.165, 1.54) is 6.07 Å². The third-order valence-electron chi connectivity index (χ3n) is 2.10. The maximum atomic E-state index is 12.9. The van der Waals surface area contributed by atoms with Crippen molar-refractivity contribution in [1.29, 1.82) is 0 Å². The first-order valence-corrected chi connectivity index (χ1v) is 5.18. The number of halogens is 2. The van der Waals surface area contributed by atoms with Gasteiger partial charge in [-0.2, -0.15) is 0 Å². The summed E-state index contributed by atoms with van der Waals surface area (Å²) in [5, 5.41) is 6.86. The number of hydrogen-bond acceptors (Lipinski definition) is 3. The second kappa shape index (κ2) is 5.09. The zero-order valence-corrected chi connectivity index (χ0v) is 9.17. The Hall–Kier alpha value is -1.39. The van der Waals surface area contributed by atoms with Gasteiger partial charge in [0.1, 0.15) is 11.6 Å². The first-order valence-electron chi connectivity index (χ1n) is 4.80. The molecule has 0 radical (unpaired) electrons. The molecule has 0 aliphatic carbocycles. The van der Waals surface area contributed by atoms with Gasteiger partial charge in [0.15, 0.2) is 0 Å². The number of hydrogen-bond donors (Lipinski definition) is 1. The lowest BCUT2D eigenvalue weighted by Gasteiger charge is -2.03. The third kappa shape index (κ3) is 2.81. The van der Waals surface area contributed by atoms with E-state index >= 15 is 0 Å². The Morgan fingerprint density at radius 1 is 1.31 bits per heavy atom. The second-order valence-corrected chi connectivity index (χ2v) is 3.74. The normalized spacial score (nSPS) is 10.6. The van der Waals surface area contributed by atoms with Gasteiger partial charge in [0.25, 0.3) is 0 Å². The van der Waals surface area contributed by atoms with Crippen molar-refractivity contribution < 1.29 is 8.91 Å². The Labute approximate surface area is 97.2 Å². The van der Waals surface area contributed by atoms with Crippen LogP contribution in [0.3, 0.4) is 0 Å². The summed E-state index contributed by atoms with van der Waals surface area (Å²) in [4.78, 5) is 0. The van der Waals surface area contributed by atoms with Crippen molar-refractivity contribution in [3.63, 3.8) is 0 Å². The molecule has 0 atom stereocenters. The van der Waals surface area contributed by atoms with E-state index in [1.807, 2.05) is 0 Å². The molecule has 0 saturated heterocycles. The van der Waals surface area contributed by atoms with Crippen LogP contribution < -0.4 is 5.32 Å². The van der Waals surface area contributed by atoms with Gasteiger partial charge in [0.2, 0.25) is 0 Å². The summed E-state index contributed by atoms with van der Waals surface area (Å²) in [6, 6.07) is 6.43. The first kappa shape index (κ1) is 11.1. The molecule has 2 aromatic rings. The summed E-state index contributed by atoms with van der Waals surface area (Å²) < 4.78 is 17.8. The molecule has 16 heavy (non-hydrogen) atoms. The lowest BCUT2D eigenvalue weighted by molar-refractivity contribution is 0.373. The molecule has 1 aromatic heterocycles. The minimum Gasteiger partial charge on any atom is -0.360 e. The summed E-state index contributed by atoms with van der Waals surface area (Å²) in [6.07, 6.45) is 1.59. The molecule has 0 spiro atoms. The highest BCUT2D eigenvalue weighted by atomic mass is 35.5. The summed E-state index contributed by atoms with van der Waals surface area (Å²) in [6.45, 7) is 1.18. The summed E-state index contributed by atoms with van der Waals surface area (Å²) >= 11 is 5.66. The molecule has 2 rings (SSSR count). The van der Waals surface area contributed by atoms with Crippen molar-refractivity contribution in [2.75, 3.05) is 0 Å². The van der Waals surface area contributed by atoms with Crippen LogP contribution in [0.25, 0.3) is 0 Å². The SMILES string of the molecule is Fc1ccc(CNCc2ccno2)cc1Cl. The molecule has 1 heterocycles. The topological polar surface area (TPSA) is 38.1 Å². The van der Waals surface area contributed by atoms with E-state index in [0.29, 0.717) is 13.1 Å². The average molecular weight is 241 g/mol. The number of rotatable bonds is 4. The van der Waals surface area contributed by atoms with Crippen LogP contribution >= 0.6 is 11.6 Å². The molecule has 0 aliphatic rings. The molecular weight excluding hydrogens is 231 g/mol. The van der Waals surface area contributed by atoms with E-state index < -0.39 is 5.82 Å². The highest BCUT2D eigenvalue weighted by molar-refractivity contribution is 6.30. The fourth-order valence-electron chi connectivity index (χ4n) is 1.31. The predicted molar refractivity (Wildman–Crippen MR) is 58.5 cm³/mol. The molecule has 0 unspecified atom stereocenters. The number of aromatic nitrogens is 1. The highest BCUT2D eigenvalue weighted by Gasteiger charge is 2.01. The monoisotopic (exact) mass is 240 g/mol. The van der Waals surface area contributed by atoms with Crippen molar-refractivity contribution >= 4 is 11.6 Å². The van der Waals surface area contributed by atoms with E-state index in [0.717, 1.165) is 11.3 Å². The fourth-order valence-corrected chi connectivity index (χ4v) is 1.52. The lowest BCUT2D eigenvalue weighted by Crippen LogP contribution is -2.12. The molecular formula is C11H10ClFN2O. The van der Waals surface area contributed by atoms with Crippen LogP contribution in [-0.2, 0) is 13.1 Å². The highest BCUT2D eigenvalue weighted by Crippen LogP contribution is 2.15. The van der Waals surface area contributed by atoms with Gasteiger partial charge in [-0.15, -0.1) is 0 Å². The Bertz CT molecular complexity index is 459. The molecule has 3 nitrogen and oxygen atoms in total. The zero-order chi connectivity index (χ0) is 11.4. The van der Waals surface area contributed by atoms with Crippen molar-refractivity contribution in [3.8, 4) is 0 Å². The Kier molecular flexibility index (Phi) is 3.54. The van der Waals surface area contributed by atoms with Crippen LogP contribution in [0.4, 0.5) is 4.39 Å².